The second kappa shape index (κ2) is 4.81. The lowest BCUT2D eigenvalue weighted by Gasteiger charge is -2.10. The highest BCUT2D eigenvalue weighted by Crippen LogP contribution is 2.36. The number of nitrogens with zero attached hydrogens (tertiary/aromatic N) is 2. The van der Waals surface area contributed by atoms with Crippen LogP contribution in [0.15, 0.2) is 6.07 Å². The van der Waals surface area contributed by atoms with E-state index >= 15 is 0 Å². The van der Waals surface area contributed by atoms with E-state index in [4.69, 9.17) is 5.73 Å². The van der Waals surface area contributed by atoms with Gasteiger partial charge in [0.05, 0.1) is 0 Å². The van der Waals surface area contributed by atoms with E-state index in [1.807, 2.05) is 6.07 Å². The van der Waals surface area contributed by atoms with Crippen molar-refractivity contribution in [3.05, 3.63) is 17.6 Å². The minimum atomic E-state index is 0.536. The van der Waals surface area contributed by atoms with Crippen molar-refractivity contribution in [1.29, 1.82) is 0 Å². The molecule has 3 heteroatoms. The maximum absolute atomic E-state index is 5.84. The lowest BCUT2D eigenvalue weighted by molar-refractivity contribution is 0.584. The molecule has 1 saturated carbocycles. The summed E-state index contributed by atoms with van der Waals surface area (Å²) in [7, 11) is 0. The molecule has 2 N–H and O–H groups in total. The van der Waals surface area contributed by atoms with Crippen molar-refractivity contribution in [2.24, 2.45) is 5.92 Å². The molecule has 88 valence electrons. The molecule has 1 heterocycles. The van der Waals surface area contributed by atoms with Gasteiger partial charge < -0.3 is 5.73 Å². The number of anilines is 1. The van der Waals surface area contributed by atoms with Crippen molar-refractivity contribution in [2.75, 3.05) is 5.73 Å². The Kier molecular flexibility index (Phi) is 3.42. The van der Waals surface area contributed by atoms with Gasteiger partial charge in [0.25, 0.3) is 0 Å². The third-order valence-electron chi connectivity index (χ3n) is 3.38. The van der Waals surface area contributed by atoms with Gasteiger partial charge in [-0.25, -0.2) is 9.97 Å². The molecule has 1 aliphatic rings. The molecule has 2 rings (SSSR count). The molecule has 1 aromatic heterocycles. The first-order valence-electron chi connectivity index (χ1n) is 6.32. The van der Waals surface area contributed by atoms with Crippen LogP contribution in [0.4, 0.5) is 5.82 Å². The second-order valence-corrected chi connectivity index (χ2v) is 5.01. The van der Waals surface area contributed by atoms with Crippen molar-refractivity contribution in [3.63, 3.8) is 0 Å². The Hall–Kier alpha value is -1.12. The third kappa shape index (κ3) is 2.52. The zero-order chi connectivity index (χ0) is 11.5. The fourth-order valence-corrected chi connectivity index (χ4v) is 2.55. The van der Waals surface area contributed by atoms with Crippen LogP contribution in [0, 0.1) is 5.92 Å². The number of hydrogen-bond acceptors (Lipinski definition) is 3. The molecule has 16 heavy (non-hydrogen) atoms. The Morgan fingerprint density at radius 2 is 2.19 bits per heavy atom. The summed E-state index contributed by atoms with van der Waals surface area (Å²) in [6.45, 7) is 4.47. The molecule has 0 saturated heterocycles. The molecular formula is C13H21N3. The zero-order valence-electron chi connectivity index (χ0n) is 10.2. The van der Waals surface area contributed by atoms with Crippen molar-refractivity contribution >= 4 is 5.82 Å². The molecule has 0 bridgehead atoms. The average Bonchev–Trinajstić information content (AvgIpc) is 2.64. The van der Waals surface area contributed by atoms with Gasteiger partial charge in [-0.05, 0) is 31.6 Å². The van der Waals surface area contributed by atoms with E-state index in [-0.39, 0.29) is 0 Å². The molecule has 2 unspecified atom stereocenters. The molecule has 1 aliphatic carbocycles. The van der Waals surface area contributed by atoms with Gasteiger partial charge in [0, 0.05) is 17.7 Å². The highest BCUT2D eigenvalue weighted by molar-refractivity contribution is 5.30. The fourth-order valence-electron chi connectivity index (χ4n) is 2.55. The van der Waals surface area contributed by atoms with Gasteiger partial charge in [-0.2, -0.15) is 0 Å². The molecule has 0 radical (unpaired) electrons. The van der Waals surface area contributed by atoms with Gasteiger partial charge >= 0.3 is 0 Å². The highest BCUT2D eigenvalue weighted by atomic mass is 15.0. The predicted molar refractivity (Wildman–Crippen MR) is 66.2 cm³/mol. The normalized spacial score (nSPS) is 24.9. The molecule has 0 aromatic carbocycles. The number of nitrogens with two attached hydrogens (primary N) is 1. The van der Waals surface area contributed by atoms with Gasteiger partial charge in [-0.3, -0.25) is 0 Å². The lowest BCUT2D eigenvalue weighted by Crippen LogP contribution is -2.06. The monoisotopic (exact) mass is 219 g/mol. The summed E-state index contributed by atoms with van der Waals surface area (Å²) in [4.78, 5) is 9.05. The number of hydrogen-bond donors (Lipinski definition) is 1. The summed E-state index contributed by atoms with van der Waals surface area (Å²) >= 11 is 0. The van der Waals surface area contributed by atoms with Crippen molar-refractivity contribution in [1.82, 2.24) is 9.97 Å². The molecule has 3 nitrogen and oxygen atoms in total. The number of aromatic nitrogens is 2. The van der Waals surface area contributed by atoms with Gasteiger partial charge in [0.2, 0.25) is 0 Å². The standard InChI is InChI=1S/C13H21N3/c1-3-4-11-8-12(14)16-13(15-11)10-6-5-9(2)7-10/h8-10H,3-7H2,1-2H3,(H2,14,15,16). The Morgan fingerprint density at radius 1 is 1.38 bits per heavy atom. The second-order valence-electron chi connectivity index (χ2n) is 5.01. The van der Waals surface area contributed by atoms with Gasteiger partial charge in [0.15, 0.2) is 0 Å². The minimum absolute atomic E-state index is 0.536. The van der Waals surface area contributed by atoms with Crippen molar-refractivity contribution in [2.45, 2.75) is 51.9 Å². The summed E-state index contributed by atoms with van der Waals surface area (Å²) in [5, 5.41) is 0. The van der Waals surface area contributed by atoms with Crippen LogP contribution in [0.25, 0.3) is 0 Å². The van der Waals surface area contributed by atoms with Crippen molar-refractivity contribution < 1.29 is 0 Å². The summed E-state index contributed by atoms with van der Waals surface area (Å²) in [5.41, 5.74) is 6.94. The van der Waals surface area contributed by atoms with Crippen molar-refractivity contribution in [3.8, 4) is 0 Å². The van der Waals surface area contributed by atoms with Crippen LogP contribution in [-0.2, 0) is 6.42 Å². The quantitative estimate of drug-likeness (QED) is 0.850. The van der Waals surface area contributed by atoms with E-state index < -0.39 is 0 Å². The van der Waals surface area contributed by atoms with Crippen LogP contribution in [0.3, 0.4) is 0 Å². The highest BCUT2D eigenvalue weighted by Gasteiger charge is 2.25. The smallest absolute Gasteiger partial charge is 0.134 e. The van der Waals surface area contributed by atoms with Crippen LogP contribution >= 0.6 is 0 Å². The summed E-state index contributed by atoms with van der Waals surface area (Å²) in [5.74, 6) is 2.96. The van der Waals surface area contributed by atoms with E-state index in [0.717, 1.165) is 30.3 Å². The van der Waals surface area contributed by atoms with E-state index in [1.165, 1.54) is 19.3 Å². The first kappa shape index (κ1) is 11.4. The molecule has 2 atom stereocenters. The van der Waals surface area contributed by atoms with Gasteiger partial charge in [-0.15, -0.1) is 0 Å². The Labute approximate surface area is 97.5 Å². The molecule has 1 fully saturated rings. The summed E-state index contributed by atoms with van der Waals surface area (Å²) in [6, 6.07) is 1.91. The van der Waals surface area contributed by atoms with Gasteiger partial charge in [-0.1, -0.05) is 20.3 Å². The first-order chi connectivity index (χ1) is 7.69. The van der Waals surface area contributed by atoms with E-state index in [1.54, 1.807) is 0 Å². The van der Waals surface area contributed by atoms with Crippen LogP contribution in [0.5, 0.6) is 0 Å². The Morgan fingerprint density at radius 3 is 2.81 bits per heavy atom. The molecular weight excluding hydrogens is 198 g/mol. The third-order valence-corrected chi connectivity index (χ3v) is 3.38. The van der Waals surface area contributed by atoms with Gasteiger partial charge in [0.1, 0.15) is 11.6 Å². The van der Waals surface area contributed by atoms with E-state index in [0.29, 0.717) is 11.7 Å². The first-order valence-corrected chi connectivity index (χ1v) is 6.32. The van der Waals surface area contributed by atoms with Crippen LogP contribution < -0.4 is 5.73 Å². The van der Waals surface area contributed by atoms with Crippen LogP contribution in [0.1, 0.15) is 57.0 Å². The summed E-state index contributed by atoms with van der Waals surface area (Å²) < 4.78 is 0. The number of nitrogen functional groups attached to an aromatic ring is 1. The predicted octanol–water partition coefficient (Wildman–Crippen LogP) is 2.91. The SMILES string of the molecule is CCCc1cc(N)nc(C2CCC(C)C2)n1. The average molecular weight is 219 g/mol. The molecule has 0 spiro atoms. The summed E-state index contributed by atoms with van der Waals surface area (Å²) in [6.07, 6.45) is 5.84. The van der Waals surface area contributed by atoms with E-state index in [2.05, 4.69) is 23.8 Å². The zero-order valence-corrected chi connectivity index (χ0v) is 10.2. The number of aryl methyl sites for hydroxylation is 1. The molecule has 1 aromatic rings. The molecule has 0 amide bonds. The maximum atomic E-state index is 5.84. The largest absolute Gasteiger partial charge is 0.384 e. The van der Waals surface area contributed by atoms with Crippen LogP contribution in [-0.4, -0.2) is 9.97 Å². The van der Waals surface area contributed by atoms with Crippen LogP contribution in [0.2, 0.25) is 0 Å². The Bertz CT molecular complexity index is 362. The maximum Gasteiger partial charge on any atom is 0.134 e. The Balaban J connectivity index is 2.20. The fraction of sp³-hybridized carbons (Fsp3) is 0.692. The molecule has 0 aliphatic heterocycles. The topological polar surface area (TPSA) is 51.8 Å². The number of rotatable bonds is 3. The lowest BCUT2D eigenvalue weighted by atomic mass is 10.1. The van der Waals surface area contributed by atoms with E-state index in [9.17, 15) is 0 Å². The minimum Gasteiger partial charge on any atom is -0.384 e.